The summed E-state index contributed by atoms with van der Waals surface area (Å²) in [7, 11) is 0. The number of amides is 2. The highest BCUT2D eigenvalue weighted by Crippen LogP contribution is 2.25. The Bertz CT molecular complexity index is 1230. The minimum atomic E-state index is -0.582. The van der Waals surface area contributed by atoms with E-state index in [-0.39, 0.29) is 17.9 Å². The van der Waals surface area contributed by atoms with E-state index in [9.17, 15) is 14.4 Å². The summed E-state index contributed by atoms with van der Waals surface area (Å²) in [6.45, 7) is 7.73. The standard InChI is InChI=1S/C26H32N4O5/c1-26(2,3)35-25(33)29-21-16-30(14-17-7-5-4-6-8-17)15-18(21)9-12-23(31)27-19-10-11-20-22(13-19)34-24(32)28-20/h4-8,10-11,13,18,21H,9,12,14-16H2,1-3H3,(H,27,31)(H,28,32)(H,29,33)/t18-,21+/m1/s1. The molecule has 0 aliphatic carbocycles. The number of aromatic nitrogens is 1. The Balaban J connectivity index is 1.37. The average molecular weight is 481 g/mol. The number of nitrogens with one attached hydrogen (secondary N) is 3. The SMILES string of the molecule is CC(C)(C)OC(=O)N[C@H]1CN(Cc2ccccc2)C[C@H]1CCC(=O)Nc1ccc2[nH]c(=O)oc2c1. The van der Waals surface area contributed by atoms with Gasteiger partial charge >= 0.3 is 11.8 Å². The van der Waals surface area contributed by atoms with Gasteiger partial charge in [0.05, 0.1) is 5.52 Å². The lowest BCUT2D eigenvalue weighted by atomic mass is 9.97. The Kier molecular flexibility index (Phi) is 7.25. The number of hydrogen-bond acceptors (Lipinski definition) is 6. The lowest BCUT2D eigenvalue weighted by Crippen LogP contribution is -2.43. The molecule has 4 rings (SSSR count). The number of carbonyl (C=O) groups excluding carboxylic acids is 2. The molecule has 0 unspecified atom stereocenters. The molecule has 9 nitrogen and oxygen atoms in total. The van der Waals surface area contributed by atoms with Crippen molar-refractivity contribution in [1.82, 2.24) is 15.2 Å². The van der Waals surface area contributed by atoms with Crippen molar-refractivity contribution in [1.29, 1.82) is 0 Å². The lowest BCUT2D eigenvalue weighted by Gasteiger charge is -2.24. The van der Waals surface area contributed by atoms with Gasteiger partial charge in [0.25, 0.3) is 0 Å². The van der Waals surface area contributed by atoms with Gasteiger partial charge in [-0.3, -0.25) is 14.7 Å². The van der Waals surface area contributed by atoms with Crippen LogP contribution in [0.5, 0.6) is 0 Å². The number of likely N-dealkylation sites (tertiary alicyclic amines) is 1. The predicted octanol–water partition coefficient (Wildman–Crippen LogP) is 3.87. The van der Waals surface area contributed by atoms with E-state index in [4.69, 9.17) is 9.15 Å². The zero-order valence-corrected chi connectivity index (χ0v) is 20.3. The van der Waals surface area contributed by atoms with Crippen molar-refractivity contribution in [2.45, 2.75) is 51.8 Å². The third kappa shape index (κ3) is 6.95. The predicted molar refractivity (Wildman–Crippen MR) is 133 cm³/mol. The van der Waals surface area contributed by atoms with Crippen molar-refractivity contribution >= 4 is 28.8 Å². The van der Waals surface area contributed by atoms with Crippen LogP contribution in [0.25, 0.3) is 11.1 Å². The average Bonchev–Trinajstić information content (AvgIpc) is 3.32. The van der Waals surface area contributed by atoms with Crippen LogP contribution in [-0.2, 0) is 16.1 Å². The third-order valence-electron chi connectivity index (χ3n) is 5.91. The highest BCUT2D eigenvalue weighted by molar-refractivity contribution is 5.92. The number of hydrogen-bond donors (Lipinski definition) is 3. The van der Waals surface area contributed by atoms with Crippen LogP contribution in [0, 0.1) is 5.92 Å². The van der Waals surface area contributed by atoms with Crippen LogP contribution in [0.3, 0.4) is 0 Å². The largest absolute Gasteiger partial charge is 0.444 e. The van der Waals surface area contributed by atoms with E-state index in [0.717, 1.165) is 13.1 Å². The highest BCUT2D eigenvalue weighted by Gasteiger charge is 2.34. The van der Waals surface area contributed by atoms with E-state index in [2.05, 4.69) is 32.7 Å². The molecular weight excluding hydrogens is 448 g/mol. The van der Waals surface area contributed by atoms with Gasteiger partial charge in [0.1, 0.15) is 5.60 Å². The summed E-state index contributed by atoms with van der Waals surface area (Å²) in [5, 5.41) is 5.88. The Labute approximate surface area is 203 Å². The molecule has 3 N–H and O–H groups in total. The minimum absolute atomic E-state index is 0.0992. The summed E-state index contributed by atoms with van der Waals surface area (Å²) in [4.78, 5) is 41.3. The van der Waals surface area contributed by atoms with Gasteiger partial charge < -0.3 is 19.8 Å². The fraction of sp³-hybridized carbons (Fsp3) is 0.423. The number of ether oxygens (including phenoxy) is 1. The summed E-state index contributed by atoms with van der Waals surface area (Å²) in [6.07, 6.45) is 0.463. The summed E-state index contributed by atoms with van der Waals surface area (Å²) < 4.78 is 10.5. The number of rotatable bonds is 7. The van der Waals surface area contributed by atoms with Crippen molar-refractivity contribution in [3.05, 3.63) is 64.6 Å². The molecule has 1 aliphatic rings. The molecule has 1 saturated heterocycles. The summed E-state index contributed by atoms with van der Waals surface area (Å²) in [5.41, 5.74) is 2.15. The van der Waals surface area contributed by atoms with Crippen molar-refractivity contribution in [3.63, 3.8) is 0 Å². The van der Waals surface area contributed by atoms with Crippen LogP contribution in [0.15, 0.2) is 57.7 Å². The molecule has 35 heavy (non-hydrogen) atoms. The Morgan fingerprint density at radius 2 is 1.91 bits per heavy atom. The van der Waals surface area contributed by atoms with Crippen LogP contribution < -0.4 is 16.4 Å². The van der Waals surface area contributed by atoms with Crippen molar-refractivity contribution < 1.29 is 18.7 Å². The highest BCUT2D eigenvalue weighted by atomic mass is 16.6. The van der Waals surface area contributed by atoms with Crippen LogP contribution in [0.2, 0.25) is 0 Å². The maximum atomic E-state index is 12.7. The fourth-order valence-electron chi connectivity index (χ4n) is 4.41. The molecule has 1 aliphatic heterocycles. The van der Waals surface area contributed by atoms with Gasteiger partial charge in [-0.25, -0.2) is 9.59 Å². The molecule has 2 amide bonds. The number of oxazole rings is 1. The normalized spacial score (nSPS) is 18.5. The molecule has 3 aromatic rings. The Morgan fingerprint density at radius 3 is 2.66 bits per heavy atom. The van der Waals surface area contributed by atoms with Crippen LogP contribution in [0.4, 0.5) is 10.5 Å². The smallest absolute Gasteiger partial charge is 0.417 e. The van der Waals surface area contributed by atoms with Crippen molar-refractivity contribution in [2.24, 2.45) is 5.92 Å². The molecule has 2 heterocycles. The minimum Gasteiger partial charge on any atom is -0.444 e. The van der Waals surface area contributed by atoms with Crippen LogP contribution >= 0.6 is 0 Å². The molecule has 0 radical (unpaired) electrons. The lowest BCUT2D eigenvalue weighted by molar-refractivity contribution is -0.116. The molecule has 2 aromatic carbocycles. The molecule has 0 bridgehead atoms. The molecule has 0 saturated carbocycles. The zero-order valence-electron chi connectivity index (χ0n) is 20.3. The van der Waals surface area contributed by atoms with E-state index in [1.54, 1.807) is 18.2 Å². The second-order valence-electron chi connectivity index (χ2n) is 10.0. The number of alkyl carbamates (subject to hydrolysis) is 1. The molecule has 9 heteroatoms. The molecule has 1 aromatic heterocycles. The maximum absolute atomic E-state index is 12.7. The topological polar surface area (TPSA) is 117 Å². The zero-order chi connectivity index (χ0) is 25.0. The first-order valence-electron chi connectivity index (χ1n) is 11.8. The van der Waals surface area contributed by atoms with E-state index in [1.807, 2.05) is 39.0 Å². The Morgan fingerprint density at radius 1 is 1.14 bits per heavy atom. The first-order valence-corrected chi connectivity index (χ1v) is 11.8. The molecule has 1 fully saturated rings. The van der Waals surface area contributed by atoms with Gasteiger partial charge in [-0.15, -0.1) is 0 Å². The van der Waals surface area contributed by atoms with Gasteiger partial charge in [0.2, 0.25) is 5.91 Å². The van der Waals surface area contributed by atoms with Gasteiger partial charge in [-0.05, 0) is 50.8 Å². The van der Waals surface area contributed by atoms with Crippen LogP contribution in [-0.4, -0.2) is 46.6 Å². The van der Waals surface area contributed by atoms with E-state index < -0.39 is 17.5 Å². The summed E-state index contributed by atoms with van der Waals surface area (Å²) in [5.74, 6) is -0.574. The Hall–Kier alpha value is -3.59. The van der Waals surface area contributed by atoms with E-state index in [1.165, 1.54) is 5.56 Å². The number of benzene rings is 2. The van der Waals surface area contributed by atoms with Crippen molar-refractivity contribution in [3.8, 4) is 0 Å². The monoisotopic (exact) mass is 480 g/mol. The number of aromatic amines is 1. The molecule has 2 atom stereocenters. The molecule has 186 valence electrons. The summed E-state index contributed by atoms with van der Waals surface area (Å²) >= 11 is 0. The summed E-state index contributed by atoms with van der Waals surface area (Å²) in [6, 6.07) is 15.1. The maximum Gasteiger partial charge on any atom is 0.417 e. The van der Waals surface area contributed by atoms with Gasteiger partial charge in [0, 0.05) is 43.9 Å². The van der Waals surface area contributed by atoms with Crippen LogP contribution in [0.1, 0.15) is 39.2 Å². The van der Waals surface area contributed by atoms with Crippen molar-refractivity contribution in [2.75, 3.05) is 18.4 Å². The third-order valence-corrected chi connectivity index (χ3v) is 5.91. The number of anilines is 1. The second kappa shape index (κ2) is 10.4. The first-order chi connectivity index (χ1) is 16.6. The fourth-order valence-corrected chi connectivity index (χ4v) is 4.41. The van der Waals surface area contributed by atoms with Gasteiger partial charge in [0.15, 0.2) is 5.58 Å². The second-order valence-corrected chi connectivity index (χ2v) is 10.0. The molecular formula is C26H32N4O5. The quantitative estimate of drug-likeness (QED) is 0.473. The number of carbonyl (C=O) groups is 2. The first kappa shape index (κ1) is 24.5. The van der Waals surface area contributed by atoms with E-state index in [0.29, 0.717) is 36.2 Å². The number of nitrogens with zero attached hydrogens (tertiary/aromatic N) is 1. The van der Waals surface area contributed by atoms with Gasteiger partial charge in [-0.1, -0.05) is 30.3 Å². The van der Waals surface area contributed by atoms with Gasteiger partial charge in [-0.2, -0.15) is 0 Å². The number of fused-ring (bicyclic) bond motifs is 1. The number of H-pyrrole nitrogens is 1. The van der Waals surface area contributed by atoms with E-state index >= 15 is 0 Å². The molecule has 0 spiro atoms.